The molecule has 1 saturated heterocycles. The van der Waals surface area contributed by atoms with Gasteiger partial charge in [-0.3, -0.25) is 4.79 Å². The zero-order valence-corrected chi connectivity index (χ0v) is 17.6. The molecule has 0 bridgehead atoms. The molecule has 1 amide bonds. The van der Waals surface area contributed by atoms with Gasteiger partial charge in [-0.05, 0) is 49.8 Å². The van der Waals surface area contributed by atoms with Crippen LogP contribution in [0.3, 0.4) is 0 Å². The number of carbonyl (C=O) groups is 1. The molecule has 1 aliphatic rings. The second kappa shape index (κ2) is 9.85. The third-order valence-corrected chi connectivity index (χ3v) is 5.39. The van der Waals surface area contributed by atoms with Crippen molar-refractivity contribution >= 4 is 17.3 Å². The maximum absolute atomic E-state index is 14.7. The first-order valence-corrected chi connectivity index (χ1v) is 10.7. The molecule has 0 spiro atoms. The standard InChI is InChI=1S/C22H31FN4O2/c1-4-7-20-25-22(29-26-20)10-5-9-21(28)24-16-11-12-19(17(23)14-16)27-13-6-8-18(27)15(2)3/h11-12,14-15,18H,4-10,13H2,1-3H3,(H,24,28)/t18-/m0/s1. The van der Waals surface area contributed by atoms with Crippen molar-refractivity contribution in [3.8, 4) is 0 Å². The smallest absolute Gasteiger partial charge is 0.226 e. The van der Waals surface area contributed by atoms with E-state index in [4.69, 9.17) is 4.52 Å². The lowest BCUT2D eigenvalue weighted by Gasteiger charge is -2.30. The Labute approximate surface area is 171 Å². The van der Waals surface area contributed by atoms with Crippen LogP contribution in [0.4, 0.5) is 15.8 Å². The molecule has 1 aliphatic heterocycles. The van der Waals surface area contributed by atoms with E-state index in [1.54, 1.807) is 12.1 Å². The number of aromatic nitrogens is 2. The average Bonchev–Trinajstić information content (AvgIpc) is 3.32. The van der Waals surface area contributed by atoms with Crippen LogP contribution in [-0.2, 0) is 17.6 Å². The molecule has 3 rings (SSSR count). The van der Waals surface area contributed by atoms with Gasteiger partial charge < -0.3 is 14.7 Å². The summed E-state index contributed by atoms with van der Waals surface area (Å²) in [5.74, 6) is 1.31. The lowest BCUT2D eigenvalue weighted by molar-refractivity contribution is -0.116. The number of halogens is 1. The van der Waals surface area contributed by atoms with Crippen molar-refractivity contribution in [3.05, 3.63) is 35.7 Å². The highest BCUT2D eigenvalue weighted by Gasteiger charge is 2.28. The summed E-state index contributed by atoms with van der Waals surface area (Å²) >= 11 is 0. The number of hydrogen-bond donors (Lipinski definition) is 1. The van der Waals surface area contributed by atoms with Gasteiger partial charge in [-0.15, -0.1) is 0 Å². The molecule has 1 N–H and O–H groups in total. The molecular weight excluding hydrogens is 371 g/mol. The van der Waals surface area contributed by atoms with Crippen LogP contribution in [0.25, 0.3) is 0 Å². The van der Waals surface area contributed by atoms with Crippen molar-refractivity contribution in [2.24, 2.45) is 5.92 Å². The molecular formula is C22H31FN4O2. The van der Waals surface area contributed by atoms with E-state index in [0.717, 1.165) is 32.2 Å². The zero-order valence-electron chi connectivity index (χ0n) is 17.6. The van der Waals surface area contributed by atoms with Crippen LogP contribution in [0.15, 0.2) is 22.7 Å². The Morgan fingerprint density at radius 2 is 2.21 bits per heavy atom. The third kappa shape index (κ3) is 5.55. The molecule has 0 radical (unpaired) electrons. The minimum atomic E-state index is -0.287. The van der Waals surface area contributed by atoms with Crippen LogP contribution < -0.4 is 10.2 Å². The van der Waals surface area contributed by atoms with Gasteiger partial charge >= 0.3 is 0 Å². The molecule has 158 valence electrons. The molecule has 29 heavy (non-hydrogen) atoms. The second-order valence-corrected chi connectivity index (χ2v) is 8.07. The molecule has 1 atom stereocenters. The average molecular weight is 403 g/mol. The van der Waals surface area contributed by atoms with Crippen LogP contribution in [-0.4, -0.2) is 28.6 Å². The molecule has 1 aromatic carbocycles. The normalized spacial score (nSPS) is 16.6. The second-order valence-electron chi connectivity index (χ2n) is 8.07. The minimum Gasteiger partial charge on any atom is -0.366 e. The van der Waals surface area contributed by atoms with Crippen LogP contribution in [0.1, 0.15) is 64.6 Å². The Hall–Kier alpha value is -2.44. The summed E-state index contributed by atoms with van der Waals surface area (Å²) in [4.78, 5) is 18.6. The van der Waals surface area contributed by atoms with Gasteiger partial charge in [0, 0.05) is 37.5 Å². The quantitative estimate of drug-likeness (QED) is 0.655. The van der Waals surface area contributed by atoms with E-state index >= 15 is 0 Å². The van der Waals surface area contributed by atoms with Crippen LogP contribution in [0, 0.1) is 11.7 Å². The van der Waals surface area contributed by atoms with E-state index < -0.39 is 0 Å². The minimum absolute atomic E-state index is 0.147. The van der Waals surface area contributed by atoms with Crippen molar-refractivity contribution in [1.82, 2.24) is 10.1 Å². The number of amides is 1. The van der Waals surface area contributed by atoms with E-state index in [0.29, 0.717) is 54.3 Å². The number of nitrogens with one attached hydrogen (secondary N) is 1. The van der Waals surface area contributed by atoms with Gasteiger partial charge in [-0.1, -0.05) is 25.9 Å². The number of aryl methyl sites for hydroxylation is 2. The number of benzene rings is 1. The molecule has 1 fully saturated rings. The summed E-state index contributed by atoms with van der Waals surface area (Å²) in [6, 6.07) is 5.34. The third-order valence-electron chi connectivity index (χ3n) is 5.39. The fraction of sp³-hybridized carbons (Fsp3) is 0.591. The summed E-state index contributed by atoms with van der Waals surface area (Å²) in [6.45, 7) is 7.29. The van der Waals surface area contributed by atoms with E-state index in [-0.39, 0.29) is 11.7 Å². The Bertz CT molecular complexity index is 821. The van der Waals surface area contributed by atoms with Crippen molar-refractivity contribution in [2.75, 3.05) is 16.8 Å². The Morgan fingerprint density at radius 1 is 1.38 bits per heavy atom. The lowest BCUT2D eigenvalue weighted by Crippen LogP contribution is -2.33. The molecule has 0 unspecified atom stereocenters. The van der Waals surface area contributed by atoms with Crippen molar-refractivity contribution in [1.29, 1.82) is 0 Å². The van der Waals surface area contributed by atoms with Crippen LogP contribution >= 0.6 is 0 Å². The molecule has 6 nitrogen and oxygen atoms in total. The number of nitrogens with zero attached hydrogens (tertiary/aromatic N) is 3. The fourth-order valence-electron chi connectivity index (χ4n) is 3.94. The first-order chi connectivity index (χ1) is 14.0. The molecule has 1 aromatic heterocycles. The first kappa shape index (κ1) is 21.3. The fourth-order valence-corrected chi connectivity index (χ4v) is 3.94. The summed E-state index contributed by atoms with van der Waals surface area (Å²) in [6.07, 6.45) is 5.41. The predicted molar refractivity (Wildman–Crippen MR) is 111 cm³/mol. The van der Waals surface area contributed by atoms with Crippen molar-refractivity contribution < 1.29 is 13.7 Å². The number of rotatable bonds is 9. The SMILES string of the molecule is CCCc1noc(CCCC(=O)Nc2ccc(N3CCC[C@H]3C(C)C)c(F)c2)n1. The maximum Gasteiger partial charge on any atom is 0.226 e. The van der Waals surface area contributed by atoms with Crippen LogP contribution in [0.5, 0.6) is 0 Å². The summed E-state index contributed by atoms with van der Waals surface area (Å²) in [5, 5.41) is 6.69. The topological polar surface area (TPSA) is 71.3 Å². The molecule has 0 aliphatic carbocycles. The molecule has 7 heteroatoms. The number of anilines is 2. The highest BCUT2D eigenvalue weighted by atomic mass is 19.1. The van der Waals surface area contributed by atoms with Crippen molar-refractivity contribution in [2.45, 2.75) is 71.8 Å². The van der Waals surface area contributed by atoms with Crippen molar-refractivity contribution in [3.63, 3.8) is 0 Å². The van der Waals surface area contributed by atoms with E-state index in [1.807, 2.05) is 0 Å². The Balaban J connectivity index is 1.50. The predicted octanol–water partition coefficient (Wildman–Crippen LogP) is 4.75. The lowest BCUT2D eigenvalue weighted by atomic mass is 10.0. The molecule has 0 saturated carbocycles. The van der Waals surface area contributed by atoms with E-state index in [1.165, 1.54) is 6.07 Å². The van der Waals surface area contributed by atoms with Gasteiger partial charge in [0.15, 0.2) is 5.82 Å². The molecule has 2 aromatic rings. The monoisotopic (exact) mass is 402 g/mol. The highest BCUT2D eigenvalue weighted by molar-refractivity contribution is 5.90. The summed E-state index contributed by atoms with van der Waals surface area (Å²) in [5.41, 5.74) is 1.11. The first-order valence-electron chi connectivity index (χ1n) is 10.7. The summed E-state index contributed by atoms with van der Waals surface area (Å²) < 4.78 is 19.9. The number of hydrogen-bond acceptors (Lipinski definition) is 5. The van der Waals surface area contributed by atoms with Gasteiger partial charge in [0.2, 0.25) is 11.8 Å². The van der Waals surface area contributed by atoms with E-state index in [9.17, 15) is 9.18 Å². The highest BCUT2D eigenvalue weighted by Crippen LogP contribution is 2.32. The van der Waals surface area contributed by atoms with Gasteiger partial charge in [0.25, 0.3) is 0 Å². The van der Waals surface area contributed by atoms with Gasteiger partial charge in [0.05, 0.1) is 5.69 Å². The maximum atomic E-state index is 14.7. The Morgan fingerprint density at radius 3 is 2.93 bits per heavy atom. The van der Waals surface area contributed by atoms with E-state index in [2.05, 4.69) is 41.1 Å². The summed E-state index contributed by atoms with van der Waals surface area (Å²) in [7, 11) is 0. The van der Waals surface area contributed by atoms with Gasteiger partial charge in [-0.2, -0.15) is 4.98 Å². The van der Waals surface area contributed by atoms with Gasteiger partial charge in [-0.25, -0.2) is 4.39 Å². The zero-order chi connectivity index (χ0) is 20.8. The van der Waals surface area contributed by atoms with Crippen LogP contribution in [0.2, 0.25) is 0 Å². The van der Waals surface area contributed by atoms with Gasteiger partial charge in [0.1, 0.15) is 5.82 Å². The number of carbonyl (C=O) groups excluding carboxylic acids is 1. The largest absolute Gasteiger partial charge is 0.366 e. The molecule has 2 heterocycles. The Kier molecular flexibility index (Phi) is 7.23.